The summed E-state index contributed by atoms with van der Waals surface area (Å²) in [5.74, 6) is -1.09. The summed E-state index contributed by atoms with van der Waals surface area (Å²) in [6, 6.07) is 4.16. The van der Waals surface area contributed by atoms with Gasteiger partial charge in [0.2, 0.25) is 5.91 Å². The lowest BCUT2D eigenvalue weighted by Gasteiger charge is -2.35. The predicted molar refractivity (Wildman–Crippen MR) is 67.6 cm³/mol. The number of nitrogens with zero attached hydrogens (tertiary/aromatic N) is 1. The zero-order valence-electron chi connectivity index (χ0n) is 10.0. The Morgan fingerprint density at radius 1 is 1.56 bits per heavy atom. The second-order valence-electron chi connectivity index (χ2n) is 4.24. The Morgan fingerprint density at radius 2 is 2.28 bits per heavy atom. The van der Waals surface area contributed by atoms with E-state index in [0.717, 1.165) is 0 Å². The van der Waals surface area contributed by atoms with Crippen LogP contribution in [0.2, 0.25) is 0 Å². The third-order valence-corrected chi connectivity index (χ3v) is 3.09. The van der Waals surface area contributed by atoms with Gasteiger partial charge < -0.3 is 21.1 Å². The van der Waals surface area contributed by atoms with E-state index in [1.807, 2.05) is 4.90 Å². The molecule has 1 saturated heterocycles. The Balaban J connectivity index is 2.40. The van der Waals surface area contributed by atoms with Crippen molar-refractivity contribution in [1.29, 1.82) is 0 Å². The van der Waals surface area contributed by atoms with Crippen LogP contribution in [0.15, 0.2) is 18.2 Å². The number of aromatic carboxylic acids is 1. The number of amides is 1. The fourth-order valence-corrected chi connectivity index (χ4v) is 2.04. The lowest BCUT2D eigenvalue weighted by atomic mass is 10.1. The Bertz CT molecular complexity index is 501. The Hall–Kier alpha value is -2.24. The van der Waals surface area contributed by atoms with Gasteiger partial charge in [0.15, 0.2) is 0 Å². The van der Waals surface area contributed by atoms with Gasteiger partial charge >= 0.3 is 5.97 Å². The van der Waals surface area contributed by atoms with Crippen LogP contribution < -0.4 is 16.0 Å². The van der Waals surface area contributed by atoms with Gasteiger partial charge in [0.05, 0.1) is 16.9 Å². The fraction of sp³-hybridized carbons (Fsp3) is 0.333. The van der Waals surface area contributed by atoms with Crippen molar-refractivity contribution in [2.24, 2.45) is 0 Å². The Morgan fingerprint density at radius 3 is 2.94 bits per heavy atom. The number of nitrogens with two attached hydrogens (primary N) is 1. The molecule has 1 heterocycles. The number of benzene rings is 1. The van der Waals surface area contributed by atoms with Crippen molar-refractivity contribution in [1.82, 2.24) is 5.32 Å². The monoisotopic (exact) mass is 249 g/mol. The first-order valence-electron chi connectivity index (χ1n) is 5.68. The number of rotatable bonds is 2. The maximum atomic E-state index is 11.6. The third-order valence-electron chi connectivity index (χ3n) is 3.09. The molecule has 96 valence electrons. The first-order valence-corrected chi connectivity index (χ1v) is 5.68. The van der Waals surface area contributed by atoms with Crippen molar-refractivity contribution in [3.63, 3.8) is 0 Å². The number of hydrogen-bond acceptors (Lipinski definition) is 4. The molecular weight excluding hydrogens is 234 g/mol. The highest BCUT2D eigenvalue weighted by Gasteiger charge is 2.27. The van der Waals surface area contributed by atoms with E-state index in [1.54, 1.807) is 13.0 Å². The third kappa shape index (κ3) is 2.09. The minimum atomic E-state index is -1.01. The number of anilines is 2. The minimum Gasteiger partial charge on any atom is -0.478 e. The quantitative estimate of drug-likeness (QED) is 0.655. The summed E-state index contributed by atoms with van der Waals surface area (Å²) in [5, 5.41) is 11.7. The molecule has 6 nitrogen and oxygen atoms in total. The molecule has 0 spiro atoms. The van der Waals surface area contributed by atoms with E-state index in [4.69, 9.17) is 10.8 Å². The van der Waals surface area contributed by atoms with E-state index in [-0.39, 0.29) is 17.5 Å². The standard InChI is InChI=1S/C12H15N3O3/c1-7-11(16)14-4-5-15(7)10-6-8(12(17)18)2-3-9(10)13/h2-3,6-7H,4-5,13H2,1H3,(H,14,16)(H,17,18). The summed E-state index contributed by atoms with van der Waals surface area (Å²) in [7, 11) is 0. The molecule has 6 heteroatoms. The number of nitrogens with one attached hydrogen (secondary N) is 1. The van der Waals surface area contributed by atoms with Crippen LogP contribution in [0.25, 0.3) is 0 Å². The average molecular weight is 249 g/mol. The molecule has 0 aromatic heterocycles. The van der Waals surface area contributed by atoms with Crippen molar-refractivity contribution < 1.29 is 14.7 Å². The smallest absolute Gasteiger partial charge is 0.335 e. The van der Waals surface area contributed by atoms with Crippen molar-refractivity contribution in [2.75, 3.05) is 23.7 Å². The maximum Gasteiger partial charge on any atom is 0.335 e. The minimum absolute atomic E-state index is 0.0821. The molecule has 1 aliphatic heterocycles. The molecular formula is C12H15N3O3. The molecule has 1 fully saturated rings. The normalized spacial score (nSPS) is 19.5. The lowest BCUT2D eigenvalue weighted by Crippen LogP contribution is -2.54. The summed E-state index contributed by atoms with van der Waals surface area (Å²) in [4.78, 5) is 24.4. The number of nitrogen functional groups attached to an aromatic ring is 1. The van der Waals surface area contributed by atoms with Crippen LogP contribution in [0.4, 0.5) is 11.4 Å². The highest BCUT2D eigenvalue weighted by molar-refractivity contribution is 5.92. The summed E-state index contributed by atoms with van der Waals surface area (Å²) in [6.07, 6.45) is 0. The molecule has 0 bridgehead atoms. The van der Waals surface area contributed by atoms with Crippen molar-refractivity contribution in [2.45, 2.75) is 13.0 Å². The first kappa shape index (κ1) is 12.2. The molecule has 0 aliphatic carbocycles. The van der Waals surface area contributed by atoms with Crippen LogP contribution >= 0.6 is 0 Å². The predicted octanol–water partition coefficient (Wildman–Crippen LogP) is 0.292. The van der Waals surface area contributed by atoms with Gasteiger partial charge in [-0.1, -0.05) is 0 Å². The average Bonchev–Trinajstić information content (AvgIpc) is 2.33. The zero-order chi connectivity index (χ0) is 13.3. The van der Waals surface area contributed by atoms with Gasteiger partial charge in [-0.25, -0.2) is 4.79 Å². The Labute approximate surface area is 104 Å². The molecule has 1 aromatic carbocycles. The molecule has 1 aromatic rings. The summed E-state index contributed by atoms with van der Waals surface area (Å²) in [5.41, 5.74) is 7.09. The van der Waals surface area contributed by atoms with E-state index in [9.17, 15) is 9.59 Å². The second kappa shape index (κ2) is 4.56. The Kier molecular flexibility index (Phi) is 3.10. The van der Waals surface area contributed by atoms with E-state index in [2.05, 4.69) is 5.32 Å². The van der Waals surface area contributed by atoms with E-state index < -0.39 is 5.97 Å². The molecule has 0 radical (unpaired) electrons. The van der Waals surface area contributed by atoms with Gasteiger partial charge in [-0.15, -0.1) is 0 Å². The number of piperazine rings is 1. The van der Waals surface area contributed by atoms with Gasteiger partial charge in [-0.3, -0.25) is 4.79 Å². The fourth-order valence-electron chi connectivity index (χ4n) is 2.04. The molecule has 1 unspecified atom stereocenters. The number of hydrogen-bond donors (Lipinski definition) is 3. The SMILES string of the molecule is CC1C(=O)NCCN1c1cc(C(=O)O)ccc1N. The molecule has 1 amide bonds. The van der Waals surface area contributed by atoms with Gasteiger partial charge in [-0.2, -0.15) is 0 Å². The molecule has 1 atom stereocenters. The van der Waals surface area contributed by atoms with Gasteiger partial charge in [0, 0.05) is 13.1 Å². The van der Waals surface area contributed by atoms with Gasteiger partial charge in [0.1, 0.15) is 6.04 Å². The molecule has 2 rings (SSSR count). The number of carbonyl (C=O) groups is 2. The first-order chi connectivity index (χ1) is 8.50. The highest BCUT2D eigenvalue weighted by atomic mass is 16.4. The van der Waals surface area contributed by atoms with Crippen LogP contribution in [0.1, 0.15) is 17.3 Å². The highest BCUT2D eigenvalue weighted by Crippen LogP contribution is 2.27. The van der Waals surface area contributed by atoms with Crippen LogP contribution in [0.5, 0.6) is 0 Å². The van der Waals surface area contributed by atoms with Crippen LogP contribution in [0.3, 0.4) is 0 Å². The molecule has 4 N–H and O–H groups in total. The lowest BCUT2D eigenvalue weighted by molar-refractivity contribution is -0.122. The van der Waals surface area contributed by atoms with Crippen molar-refractivity contribution in [3.8, 4) is 0 Å². The summed E-state index contributed by atoms with van der Waals surface area (Å²) < 4.78 is 0. The van der Waals surface area contributed by atoms with Gasteiger partial charge in [0.25, 0.3) is 0 Å². The largest absolute Gasteiger partial charge is 0.478 e. The molecule has 1 aliphatic rings. The number of carboxylic acid groups (broad SMARTS) is 1. The molecule has 0 saturated carbocycles. The van der Waals surface area contributed by atoms with Crippen LogP contribution in [0, 0.1) is 0 Å². The van der Waals surface area contributed by atoms with E-state index in [1.165, 1.54) is 12.1 Å². The summed E-state index contributed by atoms with van der Waals surface area (Å²) in [6.45, 7) is 2.90. The van der Waals surface area contributed by atoms with E-state index in [0.29, 0.717) is 24.5 Å². The van der Waals surface area contributed by atoms with Crippen LogP contribution in [-0.4, -0.2) is 36.1 Å². The zero-order valence-corrected chi connectivity index (χ0v) is 10.0. The van der Waals surface area contributed by atoms with Gasteiger partial charge in [-0.05, 0) is 25.1 Å². The van der Waals surface area contributed by atoms with Crippen molar-refractivity contribution >= 4 is 23.3 Å². The summed E-state index contributed by atoms with van der Waals surface area (Å²) >= 11 is 0. The van der Waals surface area contributed by atoms with Crippen LogP contribution in [-0.2, 0) is 4.79 Å². The molecule has 18 heavy (non-hydrogen) atoms. The second-order valence-corrected chi connectivity index (χ2v) is 4.24. The number of carbonyl (C=O) groups excluding carboxylic acids is 1. The maximum absolute atomic E-state index is 11.6. The topological polar surface area (TPSA) is 95.7 Å². The van der Waals surface area contributed by atoms with E-state index >= 15 is 0 Å². The number of carboxylic acids is 1. The van der Waals surface area contributed by atoms with Crippen molar-refractivity contribution in [3.05, 3.63) is 23.8 Å².